The van der Waals surface area contributed by atoms with Crippen LogP contribution in [0.3, 0.4) is 0 Å². The molecule has 0 aromatic rings. The van der Waals surface area contributed by atoms with Gasteiger partial charge in [-0.1, -0.05) is 34.8 Å². The van der Waals surface area contributed by atoms with Crippen LogP contribution in [0, 0.1) is 0 Å². The van der Waals surface area contributed by atoms with Crippen LogP contribution in [0.2, 0.25) is 0 Å². The largest absolute Gasteiger partial charge is 0.445 e. The summed E-state index contributed by atoms with van der Waals surface area (Å²) in [5, 5.41) is 0. The predicted octanol–water partition coefficient (Wildman–Crippen LogP) is 3.27. The maximum absolute atomic E-state index is 11.4. The highest BCUT2D eigenvalue weighted by Crippen LogP contribution is 2.26. The summed E-state index contributed by atoms with van der Waals surface area (Å²) in [6.07, 6.45) is -0.595. The van der Waals surface area contributed by atoms with Crippen molar-refractivity contribution in [3.63, 3.8) is 0 Å². The van der Waals surface area contributed by atoms with Gasteiger partial charge in [0.05, 0.1) is 0 Å². The van der Waals surface area contributed by atoms with Crippen LogP contribution in [0.1, 0.15) is 0 Å². The van der Waals surface area contributed by atoms with Crippen molar-refractivity contribution in [2.45, 2.75) is 3.79 Å². The molecule has 0 N–H and O–H groups in total. The Labute approximate surface area is 113 Å². The van der Waals surface area contributed by atoms with Gasteiger partial charge < -0.3 is 9.64 Å². The lowest BCUT2D eigenvalue weighted by atomic mass is 10.5. The van der Waals surface area contributed by atoms with Crippen molar-refractivity contribution in [3.8, 4) is 0 Å². The summed E-state index contributed by atoms with van der Waals surface area (Å²) in [6.45, 7) is 0.373. The molecular formula is C7H10Cl5NO2. The van der Waals surface area contributed by atoms with Crippen LogP contribution in [0.25, 0.3) is 0 Å². The van der Waals surface area contributed by atoms with Crippen molar-refractivity contribution in [2.75, 3.05) is 31.5 Å². The van der Waals surface area contributed by atoms with E-state index in [1.807, 2.05) is 0 Å². The molecule has 0 bridgehead atoms. The van der Waals surface area contributed by atoms with Crippen LogP contribution in [-0.4, -0.2) is 46.2 Å². The molecule has 0 spiro atoms. The number of rotatable bonds is 5. The number of halogens is 5. The molecule has 8 heteroatoms. The fourth-order valence-corrected chi connectivity index (χ4v) is 1.31. The number of ether oxygens (including phenoxy) is 1. The van der Waals surface area contributed by atoms with Crippen molar-refractivity contribution in [2.24, 2.45) is 0 Å². The highest BCUT2D eigenvalue weighted by molar-refractivity contribution is 6.67. The molecule has 0 saturated heterocycles. The minimum Gasteiger partial charge on any atom is -0.445 e. The molecule has 0 aromatic carbocycles. The van der Waals surface area contributed by atoms with Crippen LogP contribution in [0.15, 0.2) is 0 Å². The summed E-state index contributed by atoms with van der Waals surface area (Å²) in [4.78, 5) is 12.7. The second kappa shape index (κ2) is 7.91. The van der Waals surface area contributed by atoms with Crippen molar-refractivity contribution in [1.29, 1.82) is 0 Å². The Hall–Kier alpha value is 0.720. The Morgan fingerprint density at radius 2 is 1.60 bits per heavy atom. The summed E-state index contributed by atoms with van der Waals surface area (Å²) in [5.41, 5.74) is 0. The molecule has 3 nitrogen and oxygen atoms in total. The Morgan fingerprint density at radius 3 is 1.93 bits per heavy atom. The summed E-state index contributed by atoms with van der Waals surface area (Å²) >= 11 is 27.2. The average Bonchev–Trinajstić information content (AvgIpc) is 2.13. The maximum atomic E-state index is 11.4. The number of carbonyl (C=O) groups excluding carboxylic acids is 1. The van der Waals surface area contributed by atoms with Crippen LogP contribution in [0.4, 0.5) is 4.79 Å². The molecule has 0 unspecified atom stereocenters. The zero-order valence-corrected chi connectivity index (χ0v) is 11.5. The van der Waals surface area contributed by atoms with E-state index in [4.69, 9.17) is 62.7 Å². The Kier molecular flexibility index (Phi) is 8.29. The summed E-state index contributed by atoms with van der Waals surface area (Å²) in [7, 11) is 0. The molecule has 15 heavy (non-hydrogen) atoms. The number of hydrogen-bond acceptors (Lipinski definition) is 2. The first-order chi connectivity index (χ1) is 6.90. The van der Waals surface area contributed by atoms with Crippen LogP contribution in [0.5, 0.6) is 0 Å². The molecule has 0 radical (unpaired) electrons. The SMILES string of the molecule is O=C(OCC(Cl)(Cl)Cl)N(CCCl)CCCl. The minimum absolute atomic E-state index is 0.291. The molecule has 0 atom stereocenters. The van der Waals surface area contributed by atoms with E-state index in [2.05, 4.69) is 0 Å². The first-order valence-electron chi connectivity index (χ1n) is 4.01. The second-order valence-corrected chi connectivity index (χ2v) is 5.81. The topological polar surface area (TPSA) is 29.5 Å². The molecule has 1 amide bonds. The second-order valence-electron chi connectivity index (χ2n) is 2.53. The highest BCUT2D eigenvalue weighted by Gasteiger charge is 2.24. The van der Waals surface area contributed by atoms with E-state index in [9.17, 15) is 4.79 Å². The van der Waals surface area contributed by atoms with E-state index in [-0.39, 0.29) is 6.61 Å². The zero-order valence-electron chi connectivity index (χ0n) is 7.69. The fourth-order valence-electron chi connectivity index (χ4n) is 0.733. The van der Waals surface area contributed by atoms with Crippen molar-refractivity contribution >= 4 is 64.1 Å². The third-order valence-corrected chi connectivity index (χ3v) is 1.99. The molecule has 0 rings (SSSR count). The van der Waals surface area contributed by atoms with Gasteiger partial charge in [0, 0.05) is 24.8 Å². The average molecular weight is 317 g/mol. The van der Waals surface area contributed by atoms with Gasteiger partial charge in [0.2, 0.25) is 3.79 Å². The fraction of sp³-hybridized carbons (Fsp3) is 0.857. The van der Waals surface area contributed by atoms with Crippen molar-refractivity contribution in [1.82, 2.24) is 4.90 Å². The predicted molar refractivity (Wildman–Crippen MR) is 64.7 cm³/mol. The smallest absolute Gasteiger partial charge is 0.409 e. The summed E-state index contributed by atoms with van der Waals surface area (Å²) in [6, 6.07) is 0. The monoisotopic (exact) mass is 315 g/mol. The number of alkyl halides is 5. The molecule has 0 saturated carbocycles. The van der Waals surface area contributed by atoms with Gasteiger partial charge in [-0.3, -0.25) is 0 Å². The molecule has 0 fully saturated rings. The normalized spacial score (nSPS) is 11.3. The van der Waals surface area contributed by atoms with Crippen LogP contribution >= 0.6 is 58.0 Å². The van der Waals surface area contributed by atoms with E-state index in [1.165, 1.54) is 4.90 Å². The lowest BCUT2D eigenvalue weighted by Gasteiger charge is -2.21. The lowest BCUT2D eigenvalue weighted by Crippen LogP contribution is -2.36. The summed E-state index contributed by atoms with van der Waals surface area (Å²) in [5.74, 6) is 0.583. The van der Waals surface area contributed by atoms with Gasteiger partial charge in [0.1, 0.15) is 6.61 Å². The van der Waals surface area contributed by atoms with Gasteiger partial charge in [0.15, 0.2) is 0 Å². The molecule has 0 heterocycles. The molecular weight excluding hydrogens is 307 g/mol. The molecule has 0 aromatic heterocycles. The quantitative estimate of drug-likeness (QED) is 0.728. The van der Waals surface area contributed by atoms with E-state index in [1.54, 1.807) is 0 Å². The minimum atomic E-state index is -1.61. The maximum Gasteiger partial charge on any atom is 0.409 e. The van der Waals surface area contributed by atoms with Gasteiger partial charge in [-0.15, -0.1) is 23.2 Å². The van der Waals surface area contributed by atoms with Gasteiger partial charge in [0.25, 0.3) is 0 Å². The molecule has 0 aliphatic carbocycles. The van der Waals surface area contributed by atoms with Gasteiger partial charge in [-0.05, 0) is 0 Å². The van der Waals surface area contributed by atoms with E-state index in [0.29, 0.717) is 24.8 Å². The first-order valence-corrected chi connectivity index (χ1v) is 6.21. The number of amides is 1. The van der Waals surface area contributed by atoms with Gasteiger partial charge in [-0.2, -0.15) is 0 Å². The highest BCUT2D eigenvalue weighted by atomic mass is 35.6. The standard InChI is InChI=1S/C7H10Cl5NO2/c8-1-3-13(4-2-9)6(14)15-5-7(10,11)12/h1-5H2. The first kappa shape index (κ1) is 15.7. The van der Waals surface area contributed by atoms with Gasteiger partial charge in [-0.25, -0.2) is 4.79 Å². The van der Waals surface area contributed by atoms with E-state index >= 15 is 0 Å². The molecule has 0 aliphatic heterocycles. The van der Waals surface area contributed by atoms with Gasteiger partial charge >= 0.3 is 6.09 Å². The van der Waals surface area contributed by atoms with Crippen molar-refractivity contribution < 1.29 is 9.53 Å². The Morgan fingerprint density at radius 1 is 1.13 bits per heavy atom. The van der Waals surface area contributed by atoms with E-state index < -0.39 is 9.89 Å². The van der Waals surface area contributed by atoms with Crippen LogP contribution < -0.4 is 0 Å². The Bertz CT molecular complexity index is 190. The van der Waals surface area contributed by atoms with Crippen molar-refractivity contribution in [3.05, 3.63) is 0 Å². The van der Waals surface area contributed by atoms with Crippen LogP contribution in [-0.2, 0) is 4.74 Å². The number of hydrogen-bond donors (Lipinski definition) is 0. The number of nitrogens with zero attached hydrogens (tertiary/aromatic N) is 1. The Balaban J connectivity index is 4.02. The lowest BCUT2D eigenvalue weighted by molar-refractivity contribution is 0.108. The molecule has 0 aliphatic rings. The third-order valence-electron chi connectivity index (χ3n) is 1.33. The summed E-state index contributed by atoms with van der Waals surface area (Å²) < 4.78 is 3.14. The van der Waals surface area contributed by atoms with E-state index in [0.717, 1.165) is 0 Å². The molecule has 90 valence electrons. The number of carbonyl (C=O) groups is 1. The third kappa shape index (κ3) is 8.52. The zero-order chi connectivity index (χ0) is 11.9.